The van der Waals surface area contributed by atoms with E-state index in [-0.39, 0.29) is 42.5 Å². The number of anilines is 1. The third-order valence-corrected chi connectivity index (χ3v) is 5.95. The predicted molar refractivity (Wildman–Crippen MR) is 97.6 cm³/mol. The molecule has 4 rings (SSSR count). The van der Waals surface area contributed by atoms with Gasteiger partial charge in [-0.1, -0.05) is 12.8 Å². The molecule has 1 aliphatic carbocycles. The molecule has 3 fully saturated rings. The Hall–Kier alpha value is -2.51. The Labute approximate surface area is 158 Å². The lowest BCUT2D eigenvalue weighted by molar-refractivity contribution is -0.140. The van der Waals surface area contributed by atoms with Crippen LogP contribution >= 0.6 is 0 Å². The summed E-state index contributed by atoms with van der Waals surface area (Å²) in [5, 5.41) is 0. The summed E-state index contributed by atoms with van der Waals surface area (Å²) >= 11 is 0. The summed E-state index contributed by atoms with van der Waals surface area (Å²) < 4.78 is 0. The maximum absolute atomic E-state index is 12.6. The lowest BCUT2D eigenvalue weighted by Crippen LogP contribution is -2.50. The van der Waals surface area contributed by atoms with Gasteiger partial charge in [0.2, 0.25) is 23.7 Å². The summed E-state index contributed by atoms with van der Waals surface area (Å²) in [6.07, 6.45) is 7.28. The molecule has 8 nitrogen and oxygen atoms in total. The molecule has 0 aromatic carbocycles. The molecule has 3 heterocycles. The maximum Gasteiger partial charge on any atom is 0.233 e. The lowest BCUT2D eigenvalue weighted by atomic mass is 9.81. The van der Waals surface area contributed by atoms with Gasteiger partial charge >= 0.3 is 0 Å². The molecule has 1 aromatic rings. The van der Waals surface area contributed by atoms with Crippen molar-refractivity contribution in [2.45, 2.75) is 32.1 Å². The topological polar surface area (TPSA) is 86.7 Å². The van der Waals surface area contributed by atoms with E-state index in [1.165, 1.54) is 4.90 Å². The first-order valence-electron chi connectivity index (χ1n) is 9.80. The van der Waals surface area contributed by atoms with Crippen molar-refractivity contribution >= 4 is 23.7 Å². The fourth-order valence-electron chi connectivity index (χ4n) is 4.43. The molecule has 144 valence electrons. The molecule has 0 unspecified atom stereocenters. The first-order valence-corrected chi connectivity index (χ1v) is 9.80. The molecule has 27 heavy (non-hydrogen) atoms. The van der Waals surface area contributed by atoms with Crippen molar-refractivity contribution in [3.63, 3.8) is 0 Å². The molecule has 2 saturated heterocycles. The summed E-state index contributed by atoms with van der Waals surface area (Å²) in [5.41, 5.74) is 0. The van der Waals surface area contributed by atoms with Gasteiger partial charge in [-0.15, -0.1) is 0 Å². The highest BCUT2D eigenvalue weighted by Gasteiger charge is 2.47. The van der Waals surface area contributed by atoms with E-state index < -0.39 is 0 Å². The number of imide groups is 1. The van der Waals surface area contributed by atoms with Crippen molar-refractivity contribution in [3.05, 3.63) is 18.5 Å². The van der Waals surface area contributed by atoms with Crippen LogP contribution in [0.2, 0.25) is 0 Å². The van der Waals surface area contributed by atoms with Crippen LogP contribution in [-0.4, -0.2) is 70.2 Å². The zero-order chi connectivity index (χ0) is 18.8. The second-order valence-corrected chi connectivity index (χ2v) is 7.49. The minimum atomic E-state index is -0.143. The zero-order valence-corrected chi connectivity index (χ0v) is 15.4. The third kappa shape index (κ3) is 3.52. The van der Waals surface area contributed by atoms with Gasteiger partial charge < -0.3 is 9.80 Å². The number of rotatable bonds is 4. The number of hydrogen-bond donors (Lipinski definition) is 0. The Morgan fingerprint density at radius 2 is 1.56 bits per heavy atom. The number of likely N-dealkylation sites (tertiary alicyclic amines) is 1. The van der Waals surface area contributed by atoms with Crippen LogP contribution in [0.15, 0.2) is 18.5 Å². The van der Waals surface area contributed by atoms with Crippen molar-refractivity contribution in [2.24, 2.45) is 11.8 Å². The minimum Gasteiger partial charge on any atom is -0.339 e. The molecule has 8 heteroatoms. The number of piperazine rings is 1. The first kappa shape index (κ1) is 17.9. The number of fused-ring (bicyclic) bond motifs is 1. The highest BCUT2D eigenvalue weighted by molar-refractivity contribution is 6.05. The summed E-state index contributed by atoms with van der Waals surface area (Å²) in [6.45, 7) is 2.78. The van der Waals surface area contributed by atoms with E-state index in [1.54, 1.807) is 23.4 Å². The van der Waals surface area contributed by atoms with Crippen LogP contribution in [-0.2, 0) is 14.4 Å². The van der Waals surface area contributed by atoms with Gasteiger partial charge in [0.05, 0.1) is 11.8 Å². The molecule has 3 amide bonds. The van der Waals surface area contributed by atoms with Gasteiger partial charge in [-0.05, 0) is 18.9 Å². The number of carbonyl (C=O) groups excluding carboxylic acids is 3. The number of aromatic nitrogens is 2. The van der Waals surface area contributed by atoms with Crippen LogP contribution in [0, 0.1) is 11.8 Å². The van der Waals surface area contributed by atoms with Gasteiger partial charge in [0, 0.05) is 51.5 Å². The van der Waals surface area contributed by atoms with Crippen molar-refractivity contribution in [3.8, 4) is 0 Å². The molecule has 1 saturated carbocycles. The quantitative estimate of drug-likeness (QED) is 0.724. The number of hydrogen-bond acceptors (Lipinski definition) is 6. The van der Waals surface area contributed by atoms with Crippen LogP contribution in [0.25, 0.3) is 0 Å². The summed E-state index contributed by atoms with van der Waals surface area (Å²) in [7, 11) is 0. The third-order valence-electron chi connectivity index (χ3n) is 5.95. The van der Waals surface area contributed by atoms with Crippen LogP contribution in [0.1, 0.15) is 32.1 Å². The Kier molecular flexibility index (Phi) is 5.05. The Morgan fingerprint density at radius 1 is 0.963 bits per heavy atom. The minimum absolute atomic E-state index is 0.000831. The van der Waals surface area contributed by atoms with Gasteiger partial charge in [-0.25, -0.2) is 9.97 Å². The molecule has 3 aliphatic rings. The fraction of sp³-hybridized carbons (Fsp3) is 0.632. The van der Waals surface area contributed by atoms with E-state index in [0.717, 1.165) is 25.7 Å². The molecule has 0 radical (unpaired) electrons. The van der Waals surface area contributed by atoms with Crippen molar-refractivity contribution in [1.29, 1.82) is 0 Å². The Balaban J connectivity index is 1.28. The summed E-state index contributed by atoms with van der Waals surface area (Å²) in [5.74, 6) is 0.262. The molecular formula is C19H25N5O3. The molecule has 1 aromatic heterocycles. The molecule has 2 aliphatic heterocycles. The standard InChI is InChI=1S/C19H25N5O3/c25-16(22-10-12-23(13-11-22)19-20-7-3-8-21-19)6-9-24-17(26)14-4-1-2-5-15(14)18(24)27/h3,7-8,14-15H,1-2,4-6,9-13H2/t14-,15+. The SMILES string of the molecule is O=C(CCN1C(=O)[C@H]2CCCC[C@H]2C1=O)N1CCN(c2ncccn2)CC1. The zero-order valence-electron chi connectivity index (χ0n) is 15.4. The van der Waals surface area contributed by atoms with Crippen LogP contribution in [0.3, 0.4) is 0 Å². The van der Waals surface area contributed by atoms with Gasteiger partial charge in [0.1, 0.15) is 0 Å². The summed E-state index contributed by atoms with van der Waals surface area (Å²) in [6, 6.07) is 1.78. The molecule has 0 N–H and O–H groups in total. The number of carbonyl (C=O) groups is 3. The van der Waals surface area contributed by atoms with Crippen LogP contribution in [0.4, 0.5) is 5.95 Å². The highest BCUT2D eigenvalue weighted by atomic mass is 16.2. The lowest BCUT2D eigenvalue weighted by Gasteiger charge is -2.34. The number of nitrogens with zero attached hydrogens (tertiary/aromatic N) is 5. The average molecular weight is 371 g/mol. The van der Waals surface area contributed by atoms with Crippen molar-refractivity contribution < 1.29 is 14.4 Å². The predicted octanol–water partition coefficient (Wildman–Crippen LogP) is 0.690. The van der Waals surface area contributed by atoms with E-state index in [4.69, 9.17) is 0 Å². The second kappa shape index (κ2) is 7.62. The molecule has 0 spiro atoms. The average Bonchev–Trinajstić information content (AvgIpc) is 2.97. The van der Waals surface area contributed by atoms with Crippen molar-refractivity contribution in [1.82, 2.24) is 19.8 Å². The maximum atomic E-state index is 12.6. The number of amides is 3. The molecule has 2 atom stereocenters. The van der Waals surface area contributed by atoms with Crippen LogP contribution < -0.4 is 4.90 Å². The normalized spacial score (nSPS) is 25.7. The van der Waals surface area contributed by atoms with E-state index in [0.29, 0.717) is 32.1 Å². The Bertz CT molecular complexity index is 693. The molecular weight excluding hydrogens is 346 g/mol. The largest absolute Gasteiger partial charge is 0.339 e. The Morgan fingerprint density at radius 3 is 2.15 bits per heavy atom. The summed E-state index contributed by atoms with van der Waals surface area (Å²) in [4.78, 5) is 51.2. The smallest absolute Gasteiger partial charge is 0.233 e. The fourth-order valence-corrected chi connectivity index (χ4v) is 4.43. The first-order chi connectivity index (χ1) is 13.1. The van der Waals surface area contributed by atoms with Gasteiger partial charge in [0.15, 0.2) is 0 Å². The van der Waals surface area contributed by atoms with Crippen LogP contribution in [0.5, 0.6) is 0 Å². The monoisotopic (exact) mass is 371 g/mol. The van der Waals surface area contributed by atoms with Crippen molar-refractivity contribution in [2.75, 3.05) is 37.6 Å². The molecule has 0 bridgehead atoms. The second-order valence-electron chi connectivity index (χ2n) is 7.49. The van der Waals surface area contributed by atoms with E-state index in [9.17, 15) is 14.4 Å². The van der Waals surface area contributed by atoms with Gasteiger partial charge in [-0.2, -0.15) is 0 Å². The van der Waals surface area contributed by atoms with E-state index in [1.807, 2.05) is 0 Å². The van der Waals surface area contributed by atoms with Gasteiger partial charge in [0.25, 0.3) is 0 Å². The van der Waals surface area contributed by atoms with E-state index >= 15 is 0 Å². The van der Waals surface area contributed by atoms with E-state index in [2.05, 4.69) is 14.9 Å². The highest BCUT2D eigenvalue weighted by Crippen LogP contribution is 2.38. The van der Waals surface area contributed by atoms with Gasteiger partial charge in [-0.3, -0.25) is 19.3 Å².